The fourth-order valence-corrected chi connectivity index (χ4v) is 2.73. The topological polar surface area (TPSA) is 15.3 Å². The summed E-state index contributed by atoms with van der Waals surface area (Å²) in [4.78, 5) is 2.77. The molecule has 2 nitrogen and oxygen atoms in total. The third kappa shape index (κ3) is 7.31. The third-order valence-corrected chi connectivity index (χ3v) is 4.44. The Kier molecular flexibility index (Phi) is 6.66. The first kappa shape index (κ1) is 15.3. The van der Waals surface area contributed by atoms with Gasteiger partial charge in [0.1, 0.15) is 0 Å². The zero-order valence-electron chi connectivity index (χ0n) is 13.2. The van der Waals surface area contributed by atoms with Crippen molar-refractivity contribution in [2.45, 2.75) is 83.7 Å². The third-order valence-electron chi connectivity index (χ3n) is 4.44. The van der Waals surface area contributed by atoms with Gasteiger partial charge in [0.2, 0.25) is 0 Å². The predicted octanol–water partition coefficient (Wildman–Crippen LogP) is 3.81. The lowest BCUT2D eigenvalue weighted by atomic mass is 10.1. The minimum atomic E-state index is 0.856. The molecule has 0 heterocycles. The van der Waals surface area contributed by atoms with Crippen LogP contribution in [0.5, 0.6) is 0 Å². The highest BCUT2D eigenvalue weighted by Gasteiger charge is 2.28. The van der Waals surface area contributed by atoms with E-state index < -0.39 is 0 Å². The molecule has 0 aromatic rings. The van der Waals surface area contributed by atoms with Crippen LogP contribution in [0, 0.1) is 5.92 Å². The molecule has 0 radical (unpaired) electrons. The Morgan fingerprint density at radius 3 is 2.32 bits per heavy atom. The summed E-state index contributed by atoms with van der Waals surface area (Å²) in [6.07, 6.45) is 12.8. The van der Waals surface area contributed by atoms with Crippen LogP contribution in [0.15, 0.2) is 0 Å². The van der Waals surface area contributed by atoms with Crippen LogP contribution in [0.1, 0.15) is 71.6 Å². The fourth-order valence-electron chi connectivity index (χ4n) is 2.73. The number of rotatable bonds is 12. The van der Waals surface area contributed by atoms with E-state index in [1.807, 2.05) is 0 Å². The van der Waals surface area contributed by atoms with Crippen molar-refractivity contribution in [3.05, 3.63) is 0 Å². The van der Waals surface area contributed by atoms with E-state index in [4.69, 9.17) is 0 Å². The molecule has 0 aliphatic heterocycles. The molecule has 112 valence electrons. The highest BCUT2D eigenvalue weighted by Crippen LogP contribution is 2.27. The largest absolute Gasteiger partial charge is 0.314 e. The molecule has 0 amide bonds. The zero-order valence-corrected chi connectivity index (χ0v) is 13.2. The molecule has 0 bridgehead atoms. The molecular formula is C17H34N2. The zero-order chi connectivity index (χ0) is 13.5. The Balaban J connectivity index is 1.42. The Hall–Kier alpha value is -0.0800. The lowest BCUT2D eigenvalue weighted by Gasteiger charge is -2.22. The average molecular weight is 266 g/mol. The average Bonchev–Trinajstić information content (AvgIpc) is 3.25. The van der Waals surface area contributed by atoms with E-state index in [-0.39, 0.29) is 0 Å². The summed E-state index contributed by atoms with van der Waals surface area (Å²) in [5, 5.41) is 3.61. The van der Waals surface area contributed by atoms with Crippen LogP contribution >= 0.6 is 0 Å². The summed E-state index contributed by atoms with van der Waals surface area (Å²) < 4.78 is 0. The maximum atomic E-state index is 3.61. The molecule has 2 rings (SSSR count). The molecule has 0 unspecified atom stereocenters. The minimum absolute atomic E-state index is 0.856. The quantitative estimate of drug-likeness (QED) is 0.540. The van der Waals surface area contributed by atoms with Gasteiger partial charge in [0.25, 0.3) is 0 Å². The van der Waals surface area contributed by atoms with Crippen molar-refractivity contribution in [1.29, 1.82) is 0 Å². The van der Waals surface area contributed by atoms with Gasteiger partial charge in [-0.15, -0.1) is 0 Å². The molecule has 1 N–H and O–H groups in total. The number of nitrogens with zero attached hydrogens (tertiary/aromatic N) is 1. The molecule has 2 fully saturated rings. The van der Waals surface area contributed by atoms with Crippen LogP contribution in [0.25, 0.3) is 0 Å². The minimum Gasteiger partial charge on any atom is -0.314 e. The second kappa shape index (κ2) is 8.26. The van der Waals surface area contributed by atoms with Gasteiger partial charge in [-0.05, 0) is 70.5 Å². The molecule has 2 aliphatic carbocycles. The monoisotopic (exact) mass is 266 g/mol. The van der Waals surface area contributed by atoms with Crippen LogP contribution in [-0.2, 0) is 0 Å². The number of hydrogen-bond acceptors (Lipinski definition) is 2. The van der Waals surface area contributed by atoms with Crippen molar-refractivity contribution in [3.63, 3.8) is 0 Å². The Labute approximate surface area is 120 Å². The van der Waals surface area contributed by atoms with Gasteiger partial charge in [-0.25, -0.2) is 0 Å². The van der Waals surface area contributed by atoms with Gasteiger partial charge in [-0.1, -0.05) is 26.7 Å². The summed E-state index contributed by atoms with van der Waals surface area (Å²) in [7, 11) is 0. The first-order chi connectivity index (χ1) is 9.25. The summed E-state index contributed by atoms with van der Waals surface area (Å²) in [5.74, 6) is 0.856. The van der Waals surface area contributed by atoms with Crippen LogP contribution < -0.4 is 5.32 Å². The van der Waals surface area contributed by atoms with Crippen molar-refractivity contribution in [1.82, 2.24) is 10.2 Å². The van der Waals surface area contributed by atoms with Gasteiger partial charge in [0.05, 0.1) is 0 Å². The first-order valence-electron chi connectivity index (χ1n) is 8.73. The van der Waals surface area contributed by atoms with E-state index in [9.17, 15) is 0 Å². The van der Waals surface area contributed by atoms with Crippen LogP contribution in [0.4, 0.5) is 0 Å². The molecule has 0 saturated heterocycles. The normalized spacial score (nSPS) is 19.6. The smallest absolute Gasteiger partial charge is 0.00964 e. The van der Waals surface area contributed by atoms with Crippen molar-refractivity contribution < 1.29 is 0 Å². The van der Waals surface area contributed by atoms with Crippen LogP contribution in [-0.4, -0.2) is 36.6 Å². The summed E-state index contributed by atoms with van der Waals surface area (Å²) in [6, 6.07) is 1.84. The van der Waals surface area contributed by atoms with Gasteiger partial charge in [-0.2, -0.15) is 0 Å². The van der Waals surface area contributed by atoms with Crippen LogP contribution in [0.2, 0.25) is 0 Å². The van der Waals surface area contributed by atoms with E-state index in [1.54, 1.807) is 0 Å². The second-order valence-electron chi connectivity index (χ2n) is 7.09. The Bertz CT molecular complexity index is 231. The van der Waals surface area contributed by atoms with E-state index in [2.05, 4.69) is 24.1 Å². The van der Waals surface area contributed by atoms with E-state index in [0.29, 0.717) is 0 Å². The second-order valence-corrected chi connectivity index (χ2v) is 7.09. The Morgan fingerprint density at radius 2 is 1.68 bits per heavy atom. The molecule has 0 spiro atoms. The lowest BCUT2D eigenvalue weighted by molar-refractivity contribution is 0.242. The standard InChI is InChI=1S/C17H34N2/c1-15(2)11-14-19(17-9-10-17)13-6-4-3-5-12-18-16-7-8-16/h15-18H,3-14H2,1-2H3. The fraction of sp³-hybridized carbons (Fsp3) is 1.00. The van der Waals surface area contributed by atoms with Crippen LogP contribution in [0.3, 0.4) is 0 Å². The van der Waals surface area contributed by atoms with Gasteiger partial charge < -0.3 is 10.2 Å². The lowest BCUT2D eigenvalue weighted by Crippen LogP contribution is -2.29. The number of unbranched alkanes of at least 4 members (excludes halogenated alkanes) is 3. The van der Waals surface area contributed by atoms with Crippen molar-refractivity contribution >= 4 is 0 Å². The molecule has 19 heavy (non-hydrogen) atoms. The predicted molar refractivity (Wildman–Crippen MR) is 83.5 cm³/mol. The maximum absolute atomic E-state index is 3.61. The van der Waals surface area contributed by atoms with Crippen molar-refractivity contribution in [2.75, 3.05) is 19.6 Å². The Morgan fingerprint density at radius 1 is 0.947 bits per heavy atom. The molecule has 0 atom stereocenters. The number of nitrogens with one attached hydrogen (secondary N) is 1. The van der Waals surface area contributed by atoms with Crippen molar-refractivity contribution in [3.8, 4) is 0 Å². The summed E-state index contributed by atoms with van der Waals surface area (Å²) in [5.41, 5.74) is 0. The van der Waals surface area contributed by atoms with Gasteiger partial charge in [0.15, 0.2) is 0 Å². The summed E-state index contributed by atoms with van der Waals surface area (Å²) in [6.45, 7) is 8.64. The van der Waals surface area contributed by atoms with Gasteiger partial charge in [-0.3, -0.25) is 0 Å². The molecule has 0 aromatic carbocycles. The molecule has 2 saturated carbocycles. The molecule has 2 aliphatic rings. The highest BCUT2D eigenvalue weighted by atomic mass is 15.2. The van der Waals surface area contributed by atoms with E-state index >= 15 is 0 Å². The van der Waals surface area contributed by atoms with E-state index in [1.165, 1.54) is 77.4 Å². The molecule has 0 aromatic heterocycles. The van der Waals surface area contributed by atoms with Gasteiger partial charge in [0, 0.05) is 12.1 Å². The highest BCUT2D eigenvalue weighted by molar-refractivity contribution is 4.84. The summed E-state index contributed by atoms with van der Waals surface area (Å²) >= 11 is 0. The molecule has 2 heteroatoms. The van der Waals surface area contributed by atoms with E-state index in [0.717, 1.165) is 18.0 Å². The maximum Gasteiger partial charge on any atom is 0.00964 e. The van der Waals surface area contributed by atoms with Crippen molar-refractivity contribution in [2.24, 2.45) is 5.92 Å². The SMILES string of the molecule is CC(C)CCN(CCCCCCNC1CC1)C1CC1. The van der Waals surface area contributed by atoms with Gasteiger partial charge >= 0.3 is 0 Å². The first-order valence-corrected chi connectivity index (χ1v) is 8.73. The number of hydrogen-bond donors (Lipinski definition) is 1. The molecular weight excluding hydrogens is 232 g/mol.